The highest BCUT2D eigenvalue weighted by Crippen LogP contribution is 2.41. The molecule has 9 heteroatoms. The molecule has 174 valence electrons. The van der Waals surface area contributed by atoms with Gasteiger partial charge in [0.15, 0.2) is 5.75 Å². The van der Waals surface area contributed by atoms with Gasteiger partial charge in [-0.25, -0.2) is 4.79 Å². The number of thioether (sulfide) groups is 1. The molecule has 0 atom stereocenters. The lowest BCUT2D eigenvalue weighted by Gasteiger charge is -2.14. The first-order valence-electron chi connectivity index (χ1n) is 10.2. The number of hydrogen-bond acceptors (Lipinski definition) is 7. The van der Waals surface area contributed by atoms with Crippen LogP contribution >= 0.6 is 27.7 Å². The number of nitrogens with zero attached hydrogens (tertiary/aromatic N) is 1. The Hall–Kier alpha value is -2.78. The van der Waals surface area contributed by atoms with Crippen molar-refractivity contribution in [2.75, 3.05) is 6.61 Å². The lowest BCUT2D eigenvalue weighted by atomic mass is 10.0. The fraction of sp³-hybridized carbons (Fsp3) is 0.292. The number of esters is 3. The Bertz CT molecular complexity index is 1210. The van der Waals surface area contributed by atoms with Crippen LogP contribution in [0.25, 0.3) is 10.9 Å². The van der Waals surface area contributed by atoms with Crippen molar-refractivity contribution in [1.29, 1.82) is 0 Å². The SMILES string of the molecule is CCOC(=O)c1c(CSc2ccccc2)n(C)c2cc(Br)c(OC(C)=O)c(COC(C)=O)c12. The Balaban J connectivity index is 2.27. The third-order valence-electron chi connectivity index (χ3n) is 4.88. The van der Waals surface area contributed by atoms with E-state index in [2.05, 4.69) is 15.9 Å². The van der Waals surface area contributed by atoms with Gasteiger partial charge in [-0.15, -0.1) is 11.8 Å². The van der Waals surface area contributed by atoms with Crippen LogP contribution in [0.15, 0.2) is 45.8 Å². The molecule has 0 fully saturated rings. The third-order valence-corrected chi connectivity index (χ3v) is 6.49. The van der Waals surface area contributed by atoms with Gasteiger partial charge in [0, 0.05) is 48.2 Å². The summed E-state index contributed by atoms with van der Waals surface area (Å²) in [4.78, 5) is 37.6. The van der Waals surface area contributed by atoms with Gasteiger partial charge in [-0.2, -0.15) is 0 Å². The number of benzene rings is 2. The van der Waals surface area contributed by atoms with Gasteiger partial charge in [0.05, 0.1) is 22.2 Å². The third kappa shape index (κ3) is 5.59. The van der Waals surface area contributed by atoms with Gasteiger partial charge in [-0.3, -0.25) is 9.59 Å². The number of ether oxygens (including phenoxy) is 3. The summed E-state index contributed by atoms with van der Waals surface area (Å²) >= 11 is 5.05. The second kappa shape index (κ2) is 10.9. The van der Waals surface area contributed by atoms with Crippen LogP contribution < -0.4 is 4.74 Å². The smallest absolute Gasteiger partial charge is 0.340 e. The van der Waals surface area contributed by atoms with Crippen molar-refractivity contribution in [2.45, 2.75) is 38.0 Å². The number of aryl methyl sites for hydroxylation is 1. The highest BCUT2D eigenvalue weighted by atomic mass is 79.9. The standard InChI is InChI=1S/C24H24BrNO6S/c1-5-30-24(29)22-20(13-33-16-9-7-6-8-10-16)26(4)19-11-18(25)23(32-15(3)28)17(21(19)22)12-31-14(2)27/h6-11H,5,12-13H2,1-4H3. The van der Waals surface area contributed by atoms with Crippen molar-refractivity contribution in [1.82, 2.24) is 4.57 Å². The number of halogens is 1. The van der Waals surface area contributed by atoms with E-state index in [0.29, 0.717) is 32.3 Å². The molecule has 0 spiro atoms. The topological polar surface area (TPSA) is 83.8 Å². The number of fused-ring (bicyclic) bond motifs is 1. The maximum Gasteiger partial charge on any atom is 0.340 e. The minimum Gasteiger partial charge on any atom is -0.462 e. The number of aromatic nitrogens is 1. The van der Waals surface area contributed by atoms with Crippen molar-refractivity contribution in [3.8, 4) is 5.75 Å². The van der Waals surface area contributed by atoms with E-state index in [9.17, 15) is 14.4 Å². The molecule has 3 aromatic rings. The molecule has 2 aromatic carbocycles. The lowest BCUT2D eigenvalue weighted by molar-refractivity contribution is -0.142. The summed E-state index contributed by atoms with van der Waals surface area (Å²) in [7, 11) is 1.86. The first kappa shape index (κ1) is 24.9. The van der Waals surface area contributed by atoms with Gasteiger partial charge in [-0.1, -0.05) is 18.2 Å². The summed E-state index contributed by atoms with van der Waals surface area (Å²) in [6.45, 7) is 4.34. The Morgan fingerprint density at radius 2 is 1.76 bits per heavy atom. The molecule has 0 saturated carbocycles. The predicted octanol–water partition coefficient (Wildman–Crippen LogP) is 5.40. The fourth-order valence-electron chi connectivity index (χ4n) is 3.50. The molecule has 0 amide bonds. The van der Waals surface area contributed by atoms with Gasteiger partial charge in [0.1, 0.15) is 6.61 Å². The monoisotopic (exact) mass is 533 g/mol. The van der Waals surface area contributed by atoms with Crippen LogP contribution in [0.3, 0.4) is 0 Å². The van der Waals surface area contributed by atoms with E-state index in [-0.39, 0.29) is 19.0 Å². The average molecular weight is 534 g/mol. The molecule has 0 aliphatic carbocycles. The molecular weight excluding hydrogens is 510 g/mol. The van der Waals surface area contributed by atoms with Crippen LogP contribution in [0.1, 0.15) is 42.4 Å². The van der Waals surface area contributed by atoms with Gasteiger partial charge >= 0.3 is 17.9 Å². The highest BCUT2D eigenvalue weighted by Gasteiger charge is 2.28. The molecule has 0 aliphatic heterocycles. The Kier molecular flexibility index (Phi) is 8.20. The van der Waals surface area contributed by atoms with Crippen molar-refractivity contribution in [2.24, 2.45) is 7.05 Å². The van der Waals surface area contributed by atoms with Crippen LogP contribution in [-0.4, -0.2) is 29.1 Å². The Morgan fingerprint density at radius 1 is 1.06 bits per heavy atom. The molecular formula is C24H24BrNO6S. The maximum absolute atomic E-state index is 13.1. The minimum absolute atomic E-state index is 0.171. The van der Waals surface area contributed by atoms with Crippen molar-refractivity contribution < 1.29 is 28.6 Å². The summed E-state index contributed by atoms with van der Waals surface area (Å²) in [5.74, 6) is -0.823. The Labute approximate surface area is 204 Å². The molecule has 0 N–H and O–H groups in total. The van der Waals surface area contributed by atoms with E-state index < -0.39 is 17.9 Å². The van der Waals surface area contributed by atoms with Crippen molar-refractivity contribution >= 4 is 56.5 Å². The van der Waals surface area contributed by atoms with Gasteiger partial charge in [0.25, 0.3) is 0 Å². The van der Waals surface area contributed by atoms with Crippen LogP contribution in [0.2, 0.25) is 0 Å². The van der Waals surface area contributed by atoms with Crippen molar-refractivity contribution in [3.63, 3.8) is 0 Å². The van der Waals surface area contributed by atoms with E-state index >= 15 is 0 Å². The summed E-state index contributed by atoms with van der Waals surface area (Å²) in [6, 6.07) is 11.6. The Morgan fingerprint density at radius 3 is 2.36 bits per heavy atom. The second-order valence-corrected chi connectivity index (χ2v) is 9.04. The van der Waals surface area contributed by atoms with E-state index in [1.54, 1.807) is 24.8 Å². The summed E-state index contributed by atoms with van der Waals surface area (Å²) in [5, 5.41) is 0.528. The highest BCUT2D eigenvalue weighted by molar-refractivity contribution is 9.10. The quantitative estimate of drug-likeness (QED) is 0.218. The minimum atomic E-state index is -0.535. The van der Waals surface area contributed by atoms with Crippen LogP contribution in [-0.2, 0) is 38.5 Å². The molecule has 3 rings (SSSR count). The normalized spacial score (nSPS) is 10.8. The summed E-state index contributed by atoms with van der Waals surface area (Å²) in [6.07, 6.45) is 0. The lowest BCUT2D eigenvalue weighted by Crippen LogP contribution is -2.11. The van der Waals surface area contributed by atoms with Gasteiger partial charge < -0.3 is 18.8 Å². The van der Waals surface area contributed by atoms with Crippen molar-refractivity contribution in [3.05, 3.63) is 57.7 Å². The zero-order valence-corrected chi connectivity index (χ0v) is 21.2. The zero-order chi connectivity index (χ0) is 24.1. The van der Waals surface area contributed by atoms with Crippen LogP contribution in [0, 0.1) is 0 Å². The summed E-state index contributed by atoms with van der Waals surface area (Å²) < 4.78 is 18.5. The maximum atomic E-state index is 13.1. The molecule has 7 nitrogen and oxygen atoms in total. The molecule has 0 aliphatic rings. The van der Waals surface area contributed by atoms with E-state index in [0.717, 1.165) is 10.6 Å². The molecule has 0 unspecified atom stereocenters. The van der Waals surface area contributed by atoms with Crippen LogP contribution in [0.5, 0.6) is 5.75 Å². The number of carbonyl (C=O) groups is 3. The summed E-state index contributed by atoms with van der Waals surface area (Å²) in [5.41, 5.74) is 2.24. The largest absolute Gasteiger partial charge is 0.462 e. The van der Waals surface area contributed by atoms with E-state index in [4.69, 9.17) is 14.2 Å². The second-order valence-electron chi connectivity index (χ2n) is 7.14. The molecule has 1 heterocycles. The molecule has 0 bridgehead atoms. The number of carbonyl (C=O) groups excluding carboxylic acids is 3. The number of rotatable bonds is 8. The first-order chi connectivity index (χ1) is 15.7. The van der Waals surface area contributed by atoms with Gasteiger partial charge in [0.2, 0.25) is 0 Å². The predicted molar refractivity (Wildman–Crippen MR) is 129 cm³/mol. The van der Waals surface area contributed by atoms with E-state index in [1.807, 2.05) is 41.9 Å². The molecule has 0 saturated heterocycles. The fourth-order valence-corrected chi connectivity index (χ4v) is 5.03. The molecule has 33 heavy (non-hydrogen) atoms. The molecule has 0 radical (unpaired) electrons. The van der Waals surface area contributed by atoms with Crippen LogP contribution in [0.4, 0.5) is 0 Å². The van der Waals surface area contributed by atoms with E-state index in [1.165, 1.54) is 13.8 Å². The first-order valence-corrected chi connectivity index (χ1v) is 12.0. The number of hydrogen-bond donors (Lipinski definition) is 0. The zero-order valence-electron chi connectivity index (χ0n) is 18.8. The average Bonchev–Trinajstić information content (AvgIpc) is 3.04. The molecule has 1 aromatic heterocycles. The van der Waals surface area contributed by atoms with Gasteiger partial charge in [-0.05, 0) is 41.1 Å².